The van der Waals surface area contributed by atoms with Gasteiger partial charge in [-0.3, -0.25) is 0 Å². The lowest BCUT2D eigenvalue weighted by Gasteiger charge is -2.38. The van der Waals surface area contributed by atoms with Crippen LogP contribution < -0.4 is 4.90 Å². The highest BCUT2D eigenvalue weighted by molar-refractivity contribution is 7.22. The summed E-state index contributed by atoms with van der Waals surface area (Å²) in [6.07, 6.45) is 5.25. The van der Waals surface area contributed by atoms with Crippen LogP contribution in [0.5, 0.6) is 0 Å². The van der Waals surface area contributed by atoms with Gasteiger partial charge in [-0.25, -0.2) is 22.9 Å². The summed E-state index contributed by atoms with van der Waals surface area (Å²) in [4.78, 5) is 18.8. The smallest absolute Gasteiger partial charge is 0.338 e. The minimum Gasteiger partial charge on any atom is -0.465 e. The number of esters is 1. The molecular formula is C29H26F3N3O4S. The monoisotopic (exact) mass is 569 g/mol. The Morgan fingerprint density at radius 2 is 1.80 bits per heavy atom. The molecule has 4 aromatic rings. The first kappa shape index (κ1) is 25.5. The number of carbonyl (C=O) groups is 1. The van der Waals surface area contributed by atoms with Gasteiger partial charge in [0, 0.05) is 23.6 Å². The molecule has 2 aliphatic heterocycles. The van der Waals surface area contributed by atoms with Crippen molar-refractivity contribution in [3.8, 4) is 11.3 Å². The van der Waals surface area contributed by atoms with Gasteiger partial charge in [0.1, 0.15) is 28.6 Å². The normalized spacial score (nSPS) is 22.3. The largest absolute Gasteiger partial charge is 0.465 e. The van der Waals surface area contributed by atoms with E-state index < -0.39 is 23.4 Å². The third-order valence-corrected chi connectivity index (χ3v) is 9.21. The summed E-state index contributed by atoms with van der Waals surface area (Å²) < 4.78 is 61.3. The Morgan fingerprint density at radius 1 is 1.07 bits per heavy atom. The molecule has 0 unspecified atom stereocenters. The molecule has 2 aromatic heterocycles. The maximum Gasteiger partial charge on any atom is 0.338 e. The second kappa shape index (κ2) is 9.88. The predicted molar refractivity (Wildman–Crippen MR) is 142 cm³/mol. The molecule has 4 heterocycles. The molecule has 11 heteroatoms. The number of anilines is 1. The molecule has 2 aromatic carbocycles. The van der Waals surface area contributed by atoms with Crippen LogP contribution >= 0.6 is 11.3 Å². The van der Waals surface area contributed by atoms with Gasteiger partial charge in [-0.05, 0) is 62.8 Å². The Morgan fingerprint density at radius 3 is 2.48 bits per heavy atom. The van der Waals surface area contributed by atoms with E-state index in [4.69, 9.17) is 14.0 Å². The number of methoxy groups -OCH3 is 1. The lowest BCUT2D eigenvalue weighted by molar-refractivity contribution is 0.0147. The SMILES string of the molecule is COC(=O)c1cc(F)c2nc(N3[C@H]4CC[C@H]3CC(OCc3c(-c5c(F)cccc5F)noc3C3CC3)C4)sc2c1. The van der Waals surface area contributed by atoms with E-state index in [1.54, 1.807) is 6.07 Å². The van der Waals surface area contributed by atoms with Crippen molar-refractivity contribution in [3.05, 3.63) is 64.7 Å². The first-order valence-electron chi connectivity index (χ1n) is 13.4. The first-order valence-corrected chi connectivity index (χ1v) is 14.2. The van der Waals surface area contributed by atoms with Crippen molar-refractivity contribution >= 4 is 32.7 Å². The van der Waals surface area contributed by atoms with E-state index in [0.29, 0.717) is 16.0 Å². The average molecular weight is 570 g/mol. The minimum atomic E-state index is -0.686. The third kappa shape index (κ3) is 4.35. The molecular weight excluding hydrogens is 543 g/mol. The van der Waals surface area contributed by atoms with Gasteiger partial charge >= 0.3 is 5.97 Å². The molecule has 40 heavy (non-hydrogen) atoms. The van der Waals surface area contributed by atoms with Crippen molar-refractivity contribution in [2.75, 3.05) is 12.0 Å². The number of fused-ring (bicyclic) bond motifs is 3. The summed E-state index contributed by atoms with van der Waals surface area (Å²) in [5.41, 5.74) is 1.00. The molecule has 0 N–H and O–H groups in total. The lowest BCUT2D eigenvalue weighted by Crippen LogP contribution is -2.45. The number of hydrogen-bond donors (Lipinski definition) is 0. The zero-order chi connectivity index (χ0) is 27.5. The molecule has 208 valence electrons. The fourth-order valence-electron chi connectivity index (χ4n) is 6.15. The number of hydrogen-bond acceptors (Lipinski definition) is 8. The van der Waals surface area contributed by atoms with Crippen LogP contribution in [0.3, 0.4) is 0 Å². The fourth-order valence-corrected chi connectivity index (χ4v) is 7.31. The number of aromatic nitrogens is 2. The molecule has 7 rings (SSSR count). The fraction of sp³-hybridized carbons (Fsp3) is 0.414. The van der Waals surface area contributed by atoms with E-state index in [9.17, 15) is 18.0 Å². The molecule has 0 amide bonds. The second-order valence-electron chi connectivity index (χ2n) is 10.7. The number of piperidine rings is 1. The van der Waals surface area contributed by atoms with Crippen LogP contribution in [0.1, 0.15) is 66.1 Å². The lowest BCUT2D eigenvalue weighted by atomic mass is 10.00. The highest BCUT2D eigenvalue weighted by Crippen LogP contribution is 2.46. The van der Waals surface area contributed by atoms with Crippen LogP contribution in [0.25, 0.3) is 21.5 Å². The van der Waals surface area contributed by atoms with Crippen LogP contribution in [0.2, 0.25) is 0 Å². The summed E-state index contributed by atoms with van der Waals surface area (Å²) in [6.45, 7) is 0.158. The Kier molecular flexibility index (Phi) is 6.31. The molecule has 2 saturated heterocycles. The van der Waals surface area contributed by atoms with Gasteiger partial charge in [-0.15, -0.1) is 0 Å². The zero-order valence-electron chi connectivity index (χ0n) is 21.7. The Balaban J connectivity index is 1.10. The van der Waals surface area contributed by atoms with Gasteiger partial charge in [0.2, 0.25) is 0 Å². The van der Waals surface area contributed by atoms with E-state index in [2.05, 4.69) is 15.0 Å². The molecule has 3 aliphatic rings. The van der Waals surface area contributed by atoms with Crippen molar-refractivity contribution in [2.24, 2.45) is 0 Å². The number of carbonyl (C=O) groups excluding carboxylic acids is 1. The van der Waals surface area contributed by atoms with Gasteiger partial charge in [-0.2, -0.15) is 0 Å². The van der Waals surface area contributed by atoms with Crippen LogP contribution in [-0.2, 0) is 16.1 Å². The number of halogens is 3. The highest BCUT2D eigenvalue weighted by atomic mass is 32.1. The van der Waals surface area contributed by atoms with Crippen molar-refractivity contribution in [1.82, 2.24) is 10.1 Å². The zero-order valence-corrected chi connectivity index (χ0v) is 22.5. The molecule has 1 saturated carbocycles. The first-order chi connectivity index (χ1) is 19.4. The maximum atomic E-state index is 14.8. The number of thiazole rings is 1. The number of ether oxygens (including phenoxy) is 2. The van der Waals surface area contributed by atoms with E-state index >= 15 is 0 Å². The molecule has 2 atom stereocenters. The van der Waals surface area contributed by atoms with Crippen molar-refractivity contribution in [2.45, 2.75) is 69.2 Å². The van der Waals surface area contributed by atoms with E-state index in [0.717, 1.165) is 49.7 Å². The quantitative estimate of drug-likeness (QED) is 0.228. The standard InChI is InChI=1S/C29H26F3N3O4S/c1-37-28(36)15-9-22(32)26-23(10-15)40-29(33-26)35-16-7-8-17(35)12-18(11-16)38-13-19-25(34-39-27(19)14-5-6-14)24-20(30)3-2-4-21(24)31/h2-4,9-10,14,16-18H,5-8,11-13H2,1H3/t16-,17-/m0/s1. The van der Waals surface area contributed by atoms with Gasteiger partial charge in [0.15, 0.2) is 10.9 Å². The number of benzene rings is 2. The van der Waals surface area contributed by atoms with E-state index in [-0.39, 0.29) is 53.0 Å². The van der Waals surface area contributed by atoms with Crippen LogP contribution in [0.15, 0.2) is 34.9 Å². The summed E-state index contributed by atoms with van der Waals surface area (Å²) in [6, 6.07) is 6.87. The van der Waals surface area contributed by atoms with Gasteiger partial charge in [-0.1, -0.05) is 22.6 Å². The van der Waals surface area contributed by atoms with E-state index in [1.807, 2.05) is 0 Å². The molecule has 0 radical (unpaired) electrons. The van der Waals surface area contributed by atoms with Crippen molar-refractivity contribution in [1.29, 1.82) is 0 Å². The summed E-state index contributed by atoms with van der Waals surface area (Å²) in [5, 5.41) is 4.80. The molecule has 7 nitrogen and oxygen atoms in total. The molecule has 2 bridgehead atoms. The number of rotatable bonds is 7. The van der Waals surface area contributed by atoms with Crippen molar-refractivity contribution < 1.29 is 32.0 Å². The summed E-state index contributed by atoms with van der Waals surface area (Å²) >= 11 is 1.37. The average Bonchev–Trinajstić information content (AvgIpc) is 3.46. The topological polar surface area (TPSA) is 77.7 Å². The summed E-state index contributed by atoms with van der Waals surface area (Å²) in [7, 11) is 1.27. The van der Waals surface area contributed by atoms with Gasteiger partial charge in [0.25, 0.3) is 0 Å². The van der Waals surface area contributed by atoms with Gasteiger partial charge < -0.3 is 18.9 Å². The number of nitrogens with zero attached hydrogens (tertiary/aromatic N) is 3. The van der Waals surface area contributed by atoms with Crippen LogP contribution in [0.4, 0.5) is 18.3 Å². The Hall–Kier alpha value is -3.44. The molecule has 0 spiro atoms. The highest BCUT2D eigenvalue weighted by Gasteiger charge is 2.43. The van der Waals surface area contributed by atoms with Crippen LogP contribution in [-0.4, -0.2) is 41.4 Å². The molecule has 3 fully saturated rings. The maximum absolute atomic E-state index is 14.8. The van der Waals surface area contributed by atoms with Crippen LogP contribution in [0, 0.1) is 17.5 Å². The second-order valence-corrected chi connectivity index (χ2v) is 11.7. The third-order valence-electron chi connectivity index (χ3n) is 8.20. The predicted octanol–water partition coefficient (Wildman–Crippen LogP) is 6.75. The van der Waals surface area contributed by atoms with Crippen molar-refractivity contribution in [3.63, 3.8) is 0 Å². The van der Waals surface area contributed by atoms with Gasteiger partial charge in [0.05, 0.1) is 35.6 Å². The molecule has 1 aliphatic carbocycles. The summed E-state index contributed by atoms with van der Waals surface area (Å²) in [5.74, 6) is -1.66. The Labute approximate surface area is 231 Å². The minimum absolute atomic E-state index is 0.0638. The Bertz CT molecular complexity index is 1580. The van der Waals surface area contributed by atoms with E-state index in [1.165, 1.54) is 36.6 Å².